The van der Waals surface area contributed by atoms with Crippen LogP contribution in [0, 0.1) is 22.7 Å². The molecule has 4 aliphatic carbocycles. The van der Waals surface area contributed by atoms with Crippen molar-refractivity contribution in [3.63, 3.8) is 0 Å². The number of hydrogen-bond donors (Lipinski definition) is 0. The van der Waals surface area contributed by atoms with E-state index in [4.69, 9.17) is 11.0 Å². The summed E-state index contributed by atoms with van der Waals surface area (Å²) in [5, 5.41) is 0. The molecule has 0 aliphatic heterocycles. The second-order valence-electron chi connectivity index (χ2n) is 8.96. The van der Waals surface area contributed by atoms with Gasteiger partial charge in [0.05, 0.1) is 12.2 Å². The molecule has 2 nitrogen and oxygen atoms in total. The van der Waals surface area contributed by atoms with Crippen LogP contribution in [-0.2, 0) is 8.37 Å². The van der Waals surface area contributed by atoms with E-state index < -0.39 is 0 Å². The molecular formula is C21H30B2O2S2. The Kier molecular flexibility index (Phi) is 5.05. The van der Waals surface area contributed by atoms with Gasteiger partial charge in [-0.3, -0.25) is 0 Å². The third-order valence-electron chi connectivity index (χ3n) is 8.09. The average molecular weight is 404 g/mol. The fourth-order valence-corrected chi connectivity index (χ4v) is 7.30. The highest BCUT2D eigenvalue weighted by Crippen LogP contribution is 2.64. The van der Waals surface area contributed by atoms with Crippen molar-refractivity contribution >= 4 is 38.0 Å². The molecule has 0 heterocycles. The standard InChI is InChI=1S/C21H30B2O2S2/c1-4-13-6-8-17-16-7-5-14-11-15(24-26-22)12-19(25-27-23)21(14,3)18(16)9-10-20(13,17)2/h5-7,15,17-19,22-23H,4,8-12H2,1-3H3/t15-,17?,18?,19+,20-,21+/m1/s1/i22T,23T. The van der Waals surface area contributed by atoms with Gasteiger partial charge < -0.3 is 8.37 Å². The first kappa shape index (κ1) is 17.8. The fraction of sp³-hybridized carbons (Fsp3) is 0.714. The van der Waals surface area contributed by atoms with Crippen LogP contribution < -0.4 is 0 Å². The first-order valence-corrected chi connectivity index (χ1v) is 11.7. The minimum atomic E-state index is -0.0500. The van der Waals surface area contributed by atoms with E-state index in [-0.39, 0.29) is 17.6 Å². The molecule has 2 saturated carbocycles. The van der Waals surface area contributed by atoms with E-state index in [0.29, 0.717) is 17.3 Å². The Balaban J connectivity index is 1.66. The van der Waals surface area contributed by atoms with Crippen molar-refractivity contribution in [1.29, 1.82) is 2.67 Å². The lowest BCUT2D eigenvalue weighted by Crippen LogP contribution is -2.52. The molecule has 144 valence electrons. The van der Waals surface area contributed by atoms with E-state index in [1.54, 1.807) is 11.1 Å². The highest BCUT2D eigenvalue weighted by molar-refractivity contribution is 8.16. The molecule has 2 unspecified atom stereocenters. The molecule has 0 bridgehead atoms. The van der Waals surface area contributed by atoms with Crippen molar-refractivity contribution in [2.75, 3.05) is 0 Å². The van der Waals surface area contributed by atoms with Crippen molar-refractivity contribution in [2.24, 2.45) is 22.7 Å². The van der Waals surface area contributed by atoms with Gasteiger partial charge in [-0.15, -0.1) is 0 Å². The lowest BCUT2D eigenvalue weighted by molar-refractivity contribution is -0.0148. The molecule has 2 radical (unpaired) electrons. The van der Waals surface area contributed by atoms with Gasteiger partial charge in [0.25, 0.3) is 0 Å². The van der Waals surface area contributed by atoms with Gasteiger partial charge in [-0.2, -0.15) is 0 Å². The van der Waals surface area contributed by atoms with E-state index in [0.717, 1.165) is 43.1 Å². The van der Waals surface area contributed by atoms with Crippen molar-refractivity contribution in [2.45, 2.75) is 71.5 Å². The molecule has 2 fully saturated rings. The summed E-state index contributed by atoms with van der Waals surface area (Å²) < 4.78 is 26.7. The van der Waals surface area contributed by atoms with Crippen LogP contribution in [0.15, 0.2) is 34.9 Å². The molecule has 4 aliphatic rings. The Hall–Kier alpha value is -0.0301. The second-order valence-corrected chi connectivity index (χ2v) is 9.73. The van der Waals surface area contributed by atoms with Crippen LogP contribution in [0.4, 0.5) is 0 Å². The van der Waals surface area contributed by atoms with E-state index in [9.17, 15) is 0 Å². The second kappa shape index (κ2) is 7.66. The normalized spacial score (nSPS) is 43.9. The van der Waals surface area contributed by atoms with Gasteiger partial charge in [-0.1, -0.05) is 79.5 Å². The van der Waals surface area contributed by atoms with Gasteiger partial charge in [0.15, 0.2) is 0 Å². The van der Waals surface area contributed by atoms with Gasteiger partial charge in [0, 0.05) is 11.8 Å². The summed E-state index contributed by atoms with van der Waals surface area (Å²) in [6.07, 6.45) is 13.8. The van der Waals surface area contributed by atoms with Crippen LogP contribution >= 0.6 is 23.8 Å². The molecule has 4 rings (SSSR count). The zero-order valence-corrected chi connectivity index (χ0v) is 18.2. The van der Waals surface area contributed by atoms with Gasteiger partial charge in [0.2, 0.25) is 14.2 Å². The summed E-state index contributed by atoms with van der Waals surface area (Å²) in [6, 6.07) is 0. The van der Waals surface area contributed by atoms with Gasteiger partial charge in [0.1, 0.15) is 0 Å². The SMILES string of the molecule is [3H][B]SO[C@@H]1CC2=CC=C3C(CC[C@]4(C)C(CC)=CCC34)[C@@]2(C)[C@@H](OS[B][3H])C1. The highest BCUT2D eigenvalue weighted by atomic mass is 32.2. The molecule has 0 N–H and O–H groups in total. The molecule has 0 aromatic heterocycles. The van der Waals surface area contributed by atoms with E-state index >= 15 is 0 Å². The summed E-state index contributed by atoms with van der Waals surface area (Å²) >= 11 is 2.24. The Bertz CT molecular complexity index is 731. The van der Waals surface area contributed by atoms with Crippen LogP contribution in [0.2, 0.25) is 0 Å². The van der Waals surface area contributed by atoms with Crippen LogP contribution in [0.1, 0.15) is 59.3 Å². The van der Waals surface area contributed by atoms with Crippen molar-refractivity contribution in [3.05, 3.63) is 34.9 Å². The monoisotopic (exact) mass is 404 g/mol. The van der Waals surface area contributed by atoms with E-state index in [1.807, 2.05) is 0 Å². The van der Waals surface area contributed by atoms with Crippen molar-refractivity contribution < 1.29 is 8.37 Å². The summed E-state index contributed by atoms with van der Waals surface area (Å²) in [5.74, 6) is 1.11. The predicted octanol–water partition coefficient (Wildman–Crippen LogP) is 5.12. The molecule has 6 atom stereocenters. The van der Waals surface area contributed by atoms with Gasteiger partial charge in [-0.25, -0.2) is 0 Å². The minimum Gasteiger partial charge on any atom is -0.324 e. The van der Waals surface area contributed by atoms with Crippen LogP contribution in [0.5, 0.6) is 0 Å². The first-order valence-electron chi connectivity index (χ1n) is 11.3. The maximum atomic E-state index is 7.44. The molecule has 0 spiro atoms. The maximum absolute atomic E-state index is 7.44. The molecule has 0 saturated heterocycles. The average Bonchev–Trinajstić information content (AvgIpc) is 3.07. The van der Waals surface area contributed by atoms with Gasteiger partial charge in [-0.05, 0) is 52.0 Å². The molecule has 0 amide bonds. The predicted molar refractivity (Wildman–Crippen MR) is 120 cm³/mol. The third-order valence-corrected chi connectivity index (χ3v) is 8.82. The zero-order chi connectivity index (χ0) is 20.6. The summed E-state index contributed by atoms with van der Waals surface area (Å²) in [4.78, 5) is 0. The van der Waals surface area contributed by atoms with Crippen molar-refractivity contribution in [3.8, 4) is 0 Å². The van der Waals surface area contributed by atoms with Crippen LogP contribution in [-0.4, -0.2) is 29.1 Å². The third kappa shape index (κ3) is 3.05. The van der Waals surface area contributed by atoms with Crippen LogP contribution in [0.3, 0.4) is 0 Å². The Labute approximate surface area is 178 Å². The summed E-state index contributed by atoms with van der Waals surface area (Å²) in [7, 11) is 2.51. The molecule has 27 heavy (non-hydrogen) atoms. The number of allylic oxidation sites excluding steroid dienone is 5. The van der Waals surface area contributed by atoms with E-state index in [2.05, 4.69) is 39.0 Å². The minimum absolute atomic E-state index is 0.00324. The Morgan fingerprint density at radius 1 is 1.22 bits per heavy atom. The summed E-state index contributed by atoms with van der Waals surface area (Å²) in [5.41, 5.74) is 4.95. The number of rotatable bonds is 7. The quantitative estimate of drug-likeness (QED) is 0.333. The molecule has 0 aromatic rings. The highest BCUT2D eigenvalue weighted by Gasteiger charge is 2.57. The molecule has 0 aromatic carbocycles. The topological polar surface area (TPSA) is 18.5 Å². The van der Waals surface area contributed by atoms with Crippen molar-refractivity contribution in [1.82, 2.24) is 0 Å². The number of hydrogen-bond acceptors (Lipinski definition) is 4. The fourth-order valence-electron chi connectivity index (χ4n) is 6.59. The van der Waals surface area contributed by atoms with Crippen LogP contribution in [0.25, 0.3) is 0 Å². The zero-order valence-electron chi connectivity index (χ0n) is 18.6. The maximum Gasteiger partial charge on any atom is 0.209 e. The molecular weight excluding hydrogens is 370 g/mol. The van der Waals surface area contributed by atoms with E-state index in [1.165, 1.54) is 39.0 Å². The number of fused-ring (bicyclic) bond motifs is 5. The molecule has 6 heteroatoms. The van der Waals surface area contributed by atoms with Gasteiger partial charge >= 0.3 is 0 Å². The largest absolute Gasteiger partial charge is 0.324 e. The Morgan fingerprint density at radius 2 is 2.04 bits per heavy atom. The first-order chi connectivity index (χ1) is 14.0. The lowest BCUT2D eigenvalue weighted by atomic mass is 9.50. The smallest absolute Gasteiger partial charge is 0.209 e. The Morgan fingerprint density at radius 3 is 2.81 bits per heavy atom. The summed E-state index contributed by atoms with van der Waals surface area (Å²) in [6.45, 7) is 7.17. The lowest BCUT2D eigenvalue weighted by Gasteiger charge is -2.56.